The molecular weight excluding hydrogens is 482 g/mol. The third-order valence-electron chi connectivity index (χ3n) is 5.74. The van der Waals surface area contributed by atoms with E-state index in [1.807, 2.05) is 38.1 Å². The van der Waals surface area contributed by atoms with Crippen molar-refractivity contribution in [1.29, 1.82) is 0 Å². The van der Waals surface area contributed by atoms with Gasteiger partial charge < -0.3 is 14.7 Å². The standard InChI is InChI=1S/C27H32BrNO4/c1-17(2)33-16-6-15-29-23(18-7-11-20(12-8-18)27(3,4)5)22(25(31)26(29)32)24(30)19-9-13-21(28)14-10-19/h7-14,17,23,30H,6,15-16H2,1-5H3/t23-/m0/s1. The molecule has 1 atom stereocenters. The first kappa shape index (κ1) is 25.2. The lowest BCUT2D eigenvalue weighted by Gasteiger charge is -2.26. The second-order valence-electron chi connectivity index (χ2n) is 9.64. The molecule has 1 fully saturated rings. The van der Waals surface area contributed by atoms with Crippen LogP contribution in [-0.4, -0.2) is 41.0 Å². The smallest absolute Gasteiger partial charge is 0.295 e. The SMILES string of the molecule is CC(C)OCCCN1C(=O)C(=O)C(=C(O)c2ccc(Br)cc2)[C@@H]1c1ccc(C(C)(C)C)cc1. The number of ether oxygens (including phenoxy) is 1. The molecule has 1 heterocycles. The minimum Gasteiger partial charge on any atom is -0.507 e. The number of hydrogen-bond donors (Lipinski definition) is 1. The van der Waals surface area contributed by atoms with Crippen LogP contribution in [0.15, 0.2) is 58.6 Å². The third-order valence-corrected chi connectivity index (χ3v) is 6.27. The molecule has 2 aromatic rings. The molecule has 0 radical (unpaired) electrons. The molecule has 1 saturated heterocycles. The molecule has 2 aromatic carbocycles. The minimum atomic E-state index is -0.662. The van der Waals surface area contributed by atoms with Gasteiger partial charge in [0.25, 0.3) is 11.7 Å². The van der Waals surface area contributed by atoms with E-state index in [2.05, 4.69) is 36.7 Å². The quantitative estimate of drug-likeness (QED) is 0.214. The maximum Gasteiger partial charge on any atom is 0.295 e. The summed E-state index contributed by atoms with van der Waals surface area (Å²) < 4.78 is 6.48. The molecule has 3 rings (SSSR count). The van der Waals surface area contributed by atoms with Crippen molar-refractivity contribution in [3.05, 3.63) is 75.3 Å². The molecule has 0 saturated carbocycles. The Morgan fingerprint density at radius 3 is 2.21 bits per heavy atom. The molecule has 0 spiro atoms. The number of carbonyl (C=O) groups is 2. The van der Waals surface area contributed by atoms with E-state index in [9.17, 15) is 14.7 Å². The van der Waals surface area contributed by atoms with Crippen molar-refractivity contribution in [1.82, 2.24) is 4.90 Å². The van der Waals surface area contributed by atoms with Gasteiger partial charge in [0, 0.05) is 23.2 Å². The first-order chi connectivity index (χ1) is 15.5. The Bertz CT molecular complexity index is 1030. The zero-order valence-corrected chi connectivity index (χ0v) is 21.5. The summed E-state index contributed by atoms with van der Waals surface area (Å²) in [7, 11) is 0. The van der Waals surface area contributed by atoms with Crippen molar-refractivity contribution < 1.29 is 19.4 Å². The van der Waals surface area contributed by atoms with Crippen LogP contribution in [0.3, 0.4) is 0 Å². The highest BCUT2D eigenvalue weighted by Gasteiger charge is 2.45. The zero-order chi connectivity index (χ0) is 24.3. The van der Waals surface area contributed by atoms with Gasteiger partial charge in [0.2, 0.25) is 0 Å². The van der Waals surface area contributed by atoms with E-state index in [-0.39, 0.29) is 22.9 Å². The zero-order valence-electron chi connectivity index (χ0n) is 19.9. The number of ketones is 1. The summed E-state index contributed by atoms with van der Waals surface area (Å²) in [5.74, 6) is -1.42. The maximum absolute atomic E-state index is 13.1. The molecule has 176 valence electrons. The summed E-state index contributed by atoms with van der Waals surface area (Å²) in [6.07, 6.45) is 0.693. The highest BCUT2D eigenvalue weighted by atomic mass is 79.9. The number of Topliss-reactive ketones (excluding diaryl/α,β-unsaturated/α-hetero) is 1. The van der Waals surface area contributed by atoms with Crippen molar-refractivity contribution in [2.45, 2.75) is 58.6 Å². The number of amides is 1. The summed E-state index contributed by atoms with van der Waals surface area (Å²) in [5.41, 5.74) is 2.55. The summed E-state index contributed by atoms with van der Waals surface area (Å²) >= 11 is 3.39. The first-order valence-corrected chi connectivity index (χ1v) is 12.1. The van der Waals surface area contributed by atoms with Crippen LogP contribution in [0.1, 0.15) is 63.8 Å². The largest absolute Gasteiger partial charge is 0.507 e. The van der Waals surface area contributed by atoms with E-state index in [0.29, 0.717) is 25.1 Å². The van der Waals surface area contributed by atoms with Crippen LogP contribution in [0.25, 0.3) is 5.76 Å². The highest BCUT2D eigenvalue weighted by Crippen LogP contribution is 2.40. The van der Waals surface area contributed by atoms with Crippen molar-refractivity contribution in [2.75, 3.05) is 13.2 Å². The first-order valence-electron chi connectivity index (χ1n) is 11.3. The number of halogens is 1. The van der Waals surface area contributed by atoms with Crippen LogP contribution < -0.4 is 0 Å². The number of benzene rings is 2. The monoisotopic (exact) mass is 513 g/mol. The fourth-order valence-corrected chi connectivity index (χ4v) is 4.20. The Kier molecular flexibility index (Phi) is 7.80. The van der Waals surface area contributed by atoms with Gasteiger partial charge >= 0.3 is 0 Å². The summed E-state index contributed by atoms with van der Waals surface area (Å²) in [6, 6.07) is 14.3. The lowest BCUT2D eigenvalue weighted by atomic mass is 9.85. The molecule has 5 nitrogen and oxygen atoms in total. The summed E-state index contributed by atoms with van der Waals surface area (Å²) in [6.45, 7) is 11.2. The molecule has 0 bridgehead atoms. The minimum absolute atomic E-state index is 0.0219. The molecule has 0 aromatic heterocycles. The van der Waals surface area contributed by atoms with Gasteiger partial charge in [-0.25, -0.2) is 0 Å². The van der Waals surface area contributed by atoms with Crippen LogP contribution in [0.5, 0.6) is 0 Å². The molecule has 1 amide bonds. The number of nitrogens with zero attached hydrogens (tertiary/aromatic N) is 1. The van der Waals surface area contributed by atoms with Gasteiger partial charge in [0.05, 0.1) is 17.7 Å². The lowest BCUT2D eigenvalue weighted by molar-refractivity contribution is -0.140. The van der Waals surface area contributed by atoms with Gasteiger partial charge in [-0.05, 0) is 48.9 Å². The third kappa shape index (κ3) is 5.74. The molecule has 6 heteroatoms. The van der Waals surface area contributed by atoms with Crippen LogP contribution in [-0.2, 0) is 19.7 Å². The second kappa shape index (κ2) is 10.2. The van der Waals surface area contributed by atoms with Gasteiger partial charge in [-0.2, -0.15) is 0 Å². The average molecular weight is 514 g/mol. The number of carbonyl (C=O) groups excluding carboxylic acids is 2. The van der Waals surface area contributed by atoms with Crippen LogP contribution in [0.2, 0.25) is 0 Å². The predicted octanol–water partition coefficient (Wildman–Crippen LogP) is 5.98. The molecule has 1 N–H and O–H groups in total. The van der Waals surface area contributed by atoms with E-state index >= 15 is 0 Å². The molecule has 33 heavy (non-hydrogen) atoms. The van der Waals surface area contributed by atoms with E-state index < -0.39 is 17.7 Å². The number of hydrogen-bond acceptors (Lipinski definition) is 4. The molecular formula is C27H32BrNO4. The van der Waals surface area contributed by atoms with Gasteiger partial charge in [0.15, 0.2) is 0 Å². The van der Waals surface area contributed by atoms with Gasteiger partial charge in [-0.1, -0.05) is 73.1 Å². The van der Waals surface area contributed by atoms with E-state index in [4.69, 9.17) is 4.74 Å². The maximum atomic E-state index is 13.1. The Balaban J connectivity index is 2.04. The number of rotatable bonds is 7. The fraction of sp³-hybridized carbons (Fsp3) is 0.407. The Morgan fingerprint density at radius 1 is 1.06 bits per heavy atom. The van der Waals surface area contributed by atoms with Gasteiger partial charge in [-0.3, -0.25) is 9.59 Å². The lowest BCUT2D eigenvalue weighted by Crippen LogP contribution is -2.31. The number of aliphatic hydroxyl groups excluding tert-OH is 1. The Labute approximate surface area is 204 Å². The molecule has 0 unspecified atom stereocenters. The molecule has 1 aliphatic rings. The van der Waals surface area contributed by atoms with Crippen LogP contribution in [0.4, 0.5) is 0 Å². The van der Waals surface area contributed by atoms with Gasteiger partial charge in [0.1, 0.15) is 5.76 Å². The highest BCUT2D eigenvalue weighted by molar-refractivity contribution is 9.10. The average Bonchev–Trinajstić information content (AvgIpc) is 3.01. The molecule has 0 aliphatic carbocycles. The number of aliphatic hydroxyl groups is 1. The fourth-order valence-electron chi connectivity index (χ4n) is 3.94. The molecule has 1 aliphatic heterocycles. The normalized spacial score (nSPS) is 18.4. The number of likely N-dealkylation sites (tertiary alicyclic amines) is 1. The topological polar surface area (TPSA) is 66.8 Å². The Morgan fingerprint density at radius 2 is 1.67 bits per heavy atom. The predicted molar refractivity (Wildman–Crippen MR) is 134 cm³/mol. The van der Waals surface area contributed by atoms with Crippen LogP contribution >= 0.6 is 15.9 Å². The van der Waals surface area contributed by atoms with Crippen LogP contribution in [0, 0.1) is 0 Å². The van der Waals surface area contributed by atoms with Crippen molar-refractivity contribution in [2.24, 2.45) is 0 Å². The summed E-state index contributed by atoms with van der Waals surface area (Å²) in [5, 5.41) is 11.1. The second-order valence-corrected chi connectivity index (χ2v) is 10.6. The van der Waals surface area contributed by atoms with Gasteiger partial charge in [-0.15, -0.1) is 0 Å². The van der Waals surface area contributed by atoms with Crippen molar-refractivity contribution in [3.63, 3.8) is 0 Å². The summed E-state index contributed by atoms with van der Waals surface area (Å²) in [4.78, 5) is 27.7. The van der Waals surface area contributed by atoms with E-state index in [0.717, 1.165) is 15.6 Å². The Hall–Kier alpha value is -2.44. The van der Waals surface area contributed by atoms with E-state index in [1.165, 1.54) is 0 Å². The van der Waals surface area contributed by atoms with Crippen molar-refractivity contribution >= 4 is 33.4 Å². The van der Waals surface area contributed by atoms with Crippen molar-refractivity contribution in [3.8, 4) is 0 Å². The van der Waals surface area contributed by atoms with E-state index in [1.54, 1.807) is 29.2 Å².